The van der Waals surface area contributed by atoms with E-state index in [9.17, 15) is 9.50 Å². The summed E-state index contributed by atoms with van der Waals surface area (Å²) in [6.45, 7) is 9.55. The number of aliphatic hydroxyl groups is 1. The van der Waals surface area contributed by atoms with E-state index in [1.807, 2.05) is 30.3 Å². The van der Waals surface area contributed by atoms with Gasteiger partial charge in [0.15, 0.2) is 0 Å². The molecule has 32 heavy (non-hydrogen) atoms. The molecule has 0 bridgehead atoms. The zero-order valence-electron chi connectivity index (χ0n) is 18.8. The van der Waals surface area contributed by atoms with E-state index in [-0.39, 0.29) is 30.6 Å². The first kappa shape index (κ1) is 28.5. The lowest BCUT2D eigenvalue weighted by molar-refractivity contribution is 0.00709. The van der Waals surface area contributed by atoms with E-state index in [4.69, 9.17) is 9.47 Å². The number of hydrogen-bond acceptors (Lipinski definition) is 5. The summed E-state index contributed by atoms with van der Waals surface area (Å²) in [5.74, 6) is 1.10. The van der Waals surface area contributed by atoms with Crippen LogP contribution in [0, 0.1) is 5.82 Å². The molecule has 8 heteroatoms. The number of aliphatic hydroxyl groups excluding tert-OH is 1. The Morgan fingerprint density at radius 3 is 2.25 bits per heavy atom. The number of para-hydroxylation sites is 1. The molecule has 2 aromatic carbocycles. The highest BCUT2D eigenvalue weighted by Crippen LogP contribution is 2.25. The molecule has 3 rings (SSSR count). The van der Waals surface area contributed by atoms with Gasteiger partial charge in [-0.1, -0.05) is 32.0 Å². The van der Waals surface area contributed by atoms with Crippen molar-refractivity contribution in [1.82, 2.24) is 4.90 Å². The first-order chi connectivity index (χ1) is 14.5. The molecule has 1 atom stereocenters. The van der Waals surface area contributed by atoms with Gasteiger partial charge in [-0.3, -0.25) is 4.90 Å². The lowest BCUT2D eigenvalue weighted by Crippen LogP contribution is -2.49. The summed E-state index contributed by atoms with van der Waals surface area (Å²) >= 11 is 0. The van der Waals surface area contributed by atoms with Crippen LogP contribution in [-0.4, -0.2) is 68.7 Å². The van der Waals surface area contributed by atoms with Gasteiger partial charge in [-0.25, -0.2) is 4.39 Å². The van der Waals surface area contributed by atoms with Crippen LogP contribution in [0.25, 0.3) is 0 Å². The summed E-state index contributed by atoms with van der Waals surface area (Å²) in [4.78, 5) is 4.48. The third kappa shape index (κ3) is 8.75. The molecule has 1 aliphatic heterocycles. The van der Waals surface area contributed by atoms with Gasteiger partial charge in [-0.05, 0) is 41.8 Å². The van der Waals surface area contributed by atoms with Gasteiger partial charge in [0.1, 0.15) is 18.2 Å². The third-order valence-electron chi connectivity index (χ3n) is 5.37. The molecule has 1 aliphatic rings. The molecule has 1 saturated heterocycles. The zero-order valence-corrected chi connectivity index (χ0v) is 20.4. The van der Waals surface area contributed by atoms with Gasteiger partial charge >= 0.3 is 0 Å². The molecule has 1 N–H and O–H groups in total. The van der Waals surface area contributed by atoms with Gasteiger partial charge < -0.3 is 19.5 Å². The van der Waals surface area contributed by atoms with Crippen LogP contribution in [0.3, 0.4) is 0 Å². The minimum Gasteiger partial charge on any atom is -0.491 e. The molecule has 0 aliphatic carbocycles. The molecule has 2 aromatic rings. The molecule has 1 unspecified atom stereocenters. The summed E-state index contributed by atoms with van der Waals surface area (Å²) in [5, 5.41) is 10.3. The second-order valence-corrected chi connectivity index (χ2v) is 8.03. The Bertz CT molecular complexity index is 772. The van der Waals surface area contributed by atoms with E-state index >= 15 is 0 Å². The number of hydrogen-bond donors (Lipinski definition) is 1. The van der Waals surface area contributed by atoms with Crippen molar-refractivity contribution >= 4 is 30.5 Å². The van der Waals surface area contributed by atoms with Crippen molar-refractivity contribution in [1.29, 1.82) is 0 Å². The second-order valence-electron chi connectivity index (χ2n) is 8.03. The maximum atomic E-state index is 13.1. The molecule has 5 nitrogen and oxygen atoms in total. The van der Waals surface area contributed by atoms with Gasteiger partial charge in [-0.2, -0.15) is 0 Å². The Kier molecular flexibility index (Phi) is 12.9. The highest BCUT2D eigenvalue weighted by molar-refractivity contribution is 5.85. The monoisotopic (exact) mass is 488 g/mol. The predicted molar refractivity (Wildman–Crippen MR) is 132 cm³/mol. The van der Waals surface area contributed by atoms with E-state index in [0.717, 1.165) is 37.6 Å². The lowest BCUT2D eigenvalue weighted by atomic mass is 10.0. The molecular formula is C24H35Cl2FN2O3. The Morgan fingerprint density at radius 1 is 0.938 bits per heavy atom. The van der Waals surface area contributed by atoms with Crippen LogP contribution in [0.5, 0.6) is 5.75 Å². The highest BCUT2D eigenvalue weighted by Gasteiger charge is 2.19. The number of ether oxygens (including phenoxy) is 2. The minimum absolute atomic E-state index is 0. The van der Waals surface area contributed by atoms with Gasteiger partial charge in [0.2, 0.25) is 0 Å². The number of β-amino-alcohol motifs (C(OH)–C–C–N with tert-alkyl or cyclic N) is 1. The van der Waals surface area contributed by atoms with Crippen LogP contribution < -0.4 is 9.64 Å². The fourth-order valence-electron chi connectivity index (χ4n) is 3.71. The Hall–Kier alpha value is -1.57. The van der Waals surface area contributed by atoms with Crippen molar-refractivity contribution in [2.75, 3.05) is 57.4 Å². The number of benzene rings is 2. The van der Waals surface area contributed by atoms with Crippen LogP contribution >= 0.6 is 24.8 Å². The molecule has 1 fully saturated rings. The smallest absolute Gasteiger partial charge is 0.123 e. The van der Waals surface area contributed by atoms with Gasteiger partial charge in [-0.15, -0.1) is 24.8 Å². The Balaban J connectivity index is 0.00000256. The van der Waals surface area contributed by atoms with Crippen LogP contribution in [-0.2, 0) is 4.74 Å². The summed E-state index contributed by atoms with van der Waals surface area (Å²) < 4.78 is 24.5. The highest BCUT2D eigenvalue weighted by atomic mass is 35.5. The normalized spacial score (nSPS) is 15.1. The van der Waals surface area contributed by atoms with Gasteiger partial charge in [0.05, 0.1) is 19.3 Å². The number of rotatable bonds is 10. The molecule has 0 amide bonds. The quantitative estimate of drug-likeness (QED) is 0.503. The first-order valence-electron chi connectivity index (χ1n) is 10.7. The standard InChI is InChI=1S/C24H33FN2O3.2ClH/c1-19(2)23-5-3-4-6-24(23)30-16-15-29-18-22(28)17-26-11-13-27(14-12-26)21-9-7-20(25)8-10-21;;/h3-10,19,22,28H,11-18H2,1-2H3;2*1H. The van der Waals surface area contributed by atoms with Crippen LogP contribution in [0.4, 0.5) is 10.1 Å². The zero-order chi connectivity index (χ0) is 21.3. The van der Waals surface area contributed by atoms with E-state index in [1.54, 1.807) is 0 Å². The third-order valence-corrected chi connectivity index (χ3v) is 5.37. The average Bonchev–Trinajstić information content (AvgIpc) is 2.75. The largest absolute Gasteiger partial charge is 0.491 e. The summed E-state index contributed by atoms with van der Waals surface area (Å²) in [5.41, 5.74) is 2.23. The molecule has 0 radical (unpaired) electrons. The number of piperazine rings is 1. The van der Waals surface area contributed by atoms with Crippen molar-refractivity contribution in [3.8, 4) is 5.75 Å². The Morgan fingerprint density at radius 2 is 1.59 bits per heavy atom. The van der Waals surface area contributed by atoms with Crippen LogP contribution in [0.15, 0.2) is 48.5 Å². The topological polar surface area (TPSA) is 45.2 Å². The summed E-state index contributed by atoms with van der Waals surface area (Å²) in [6, 6.07) is 14.7. The lowest BCUT2D eigenvalue weighted by Gasteiger charge is -2.36. The molecule has 0 spiro atoms. The van der Waals surface area contributed by atoms with Crippen LogP contribution in [0.2, 0.25) is 0 Å². The fraction of sp³-hybridized carbons (Fsp3) is 0.500. The van der Waals surface area contributed by atoms with Crippen molar-refractivity contribution < 1.29 is 19.0 Å². The minimum atomic E-state index is -0.523. The number of nitrogens with zero attached hydrogens (tertiary/aromatic N) is 2. The maximum absolute atomic E-state index is 13.1. The molecule has 0 aromatic heterocycles. The Labute approximate surface area is 203 Å². The SMILES string of the molecule is CC(C)c1ccccc1OCCOCC(O)CN1CCN(c2ccc(F)cc2)CC1.Cl.Cl. The fourth-order valence-corrected chi connectivity index (χ4v) is 3.71. The first-order valence-corrected chi connectivity index (χ1v) is 10.7. The predicted octanol–water partition coefficient (Wildman–Crippen LogP) is 4.37. The van der Waals surface area contributed by atoms with E-state index in [0.29, 0.717) is 32.3 Å². The van der Waals surface area contributed by atoms with Crippen molar-refractivity contribution in [3.63, 3.8) is 0 Å². The van der Waals surface area contributed by atoms with E-state index in [2.05, 4.69) is 29.7 Å². The summed E-state index contributed by atoms with van der Waals surface area (Å²) in [6.07, 6.45) is -0.523. The van der Waals surface area contributed by atoms with Crippen LogP contribution in [0.1, 0.15) is 25.3 Å². The average molecular weight is 489 g/mol. The van der Waals surface area contributed by atoms with Crippen molar-refractivity contribution in [2.24, 2.45) is 0 Å². The molecular weight excluding hydrogens is 454 g/mol. The van der Waals surface area contributed by atoms with E-state index in [1.165, 1.54) is 17.7 Å². The van der Waals surface area contributed by atoms with Crippen molar-refractivity contribution in [3.05, 3.63) is 59.9 Å². The molecule has 0 saturated carbocycles. The molecule has 180 valence electrons. The second kappa shape index (κ2) is 14.6. The maximum Gasteiger partial charge on any atom is 0.123 e. The number of halogens is 3. The van der Waals surface area contributed by atoms with E-state index < -0.39 is 6.10 Å². The number of anilines is 1. The molecule has 1 heterocycles. The van der Waals surface area contributed by atoms with Gasteiger partial charge in [0.25, 0.3) is 0 Å². The summed E-state index contributed by atoms with van der Waals surface area (Å²) in [7, 11) is 0. The van der Waals surface area contributed by atoms with Gasteiger partial charge in [0, 0.05) is 38.4 Å². The van der Waals surface area contributed by atoms with Crippen molar-refractivity contribution in [2.45, 2.75) is 25.9 Å².